The minimum Gasteiger partial charge on any atom is -0.309 e. The van der Waals surface area contributed by atoms with Crippen molar-refractivity contribution in [1.29, 1.82) is 0 Å². The Balaban J connectivity index is 2.85. The molecule has 1 rings (SSSR count). The van der Waals surface area contributed by atoms with Gasteiger partial charge in [-0.25, -0.2) is 0 Å². The summed E-state index contributed by atoms with van der Waals surface area (Å²) >= 11 is 0. The first kappa shape index (κ1) is 10.7. The highest BCUT2D eigenvalue weighted by Crippen LogP contribution is 2.56. The lowest BCUT2D eigenvalue weighted by Gasteiger charge is -2.15. The molecule has 13 heavy (non-hydrogen) atoms. The average Bonchev–Trinajstić information content (AvgIpc) is 2.45. The van der Waals surface area contributed by atoms with Crippen molar-refractivity contribution in [3.63, 3.8) is 0 Å². The van der Waals surface area contributed by atoms with E-state index in [2.05, 4.69) is 6.08 Å². The predicted molar refractivity (Wildman–Crippen MR) is 52.7 cm³/mol. The van der Waals surface area contributed by atoms with Crippen molar-refractivity contribution in [2.45, 2.75) is 19.3 Å². The normalized spacial score (nSPS) is 18.2. The SMILES string of the molecule is COP(=O)(OC)C1=CC=CCCC1. The van der Waals surface area contributed by atoms with Crippen molar-refractivity contribution in [2.24, 2.45) is 0 Å². The van der Waals surface area contributed by atoms with Crippen LogP contribution in [-0.4, -0.2) is 14.2 Å². The van der Waals surface area contributed by atoms with Crippen LogP contribution in [0.1, 0.15) is 19.3 Å². The van der Waals surface area contributed by atoms with Gasteiger partial charge < -0.3 is 9.05 Å². The van der Waals surface area contributed by atoms with Gasteiger partial charge in [0, 0.05) is 19.5 Å². The molecule has 1 aliphatic rings. The van der Waals surface area contributed by atoms with E-state index in [9.17, 15) is 4.57 Å². The monoisotopic (exact) mass is 202 g/mol. The molecule has 0 unspecified atom stereocenters. The summed E-state index contributed by atoms with van der Waals surface area (Å²) in [7, 11) is -0.142. The quantitative estimate of drug-likeness (QED) is 0.659. The van der Waals surface area contributed by atoms with Gasteiger partial charge in [-0.2, -0.15) is 0 Å². The standard InChI is InChI=1S/C9H15O3P/c1-11-13(10,12-2)9-7-5-3-4-6-8-9/h3,5,7H,4,6,8H2,1-2H3. The van der Waals surface area contributed by atoms with Crippen molar-refractivity contribution in [1.82, 2.24) is 0 Å². The predicted octanol–water partition coefficient (Wildman–Crippen LogP) is 3.10. The van der Waals surface area contributed by atoms with Crippen molar-refractivity contribution < 1.29 is 13.6 Å². The second-order valence-corrected chi connectivity index (χ2v) is 5.14. The molecule has 1 aliphatic carbocycles. The van der Waals surface area contributed by atoms with Crippen molar-refractivity contribution >= 4 is 7.60 Å². The molecule has 0 saturated heterocycles. The van der Waals surface area contributed by atoms with E-state index < -0.39 is 7.60 Å². The maximum atomic E-state index is 11.9. The van der Waals surface area contributed by atoms with Gasteiger partial charge in [-0.15, -0.1) is 0 Å². The fourth-order valence-corrected chi connectivity index (χ4v) is 2.62. The van der Waals surface area contributed by atoms with Gasteiger partial charge in [0.2, 0.25) is 0 Å². The summed E-state index contributed by atoms with van der Waals surface area (Å²) in [5.74, 6) is 0. The van der Waals surface area contributed by atoms with Crippen LogP contribution in [0.15, 0.2) is 23.5 Å². The van der Waals surface area contributed by atoms with Crippen molar-refractivity contribution in [2.75, 3.05) is 14.2 Å². The summed E-state index contributed by atoms with van der Waals surface area (Å²) < 4.78 is 21.7. The number of rotatable bonds is 3. The summed E-state index contributed by atoms with van der Waals surface area (Å²) in [6.07, 6.45) is 8.61. The van der Waals surface area contributed by atoms with Crippen LogP contribution in [0.25, 0.3) is 0 Å². The lowest BCUT2D eigenvalue weighted by Crippen LogP contribution is -1.92. The molecule has 0 aliphatic heterocycles. The van der Waals surface area contributed by atoms with E-state index in [0.717, 1.165) is 24.6 Å². The third-order valence-electron chi connectivity index (χ3n) is 2.06. The topological polar surface area (TPSA) is 35.5 Å². The van der Waals surface area contributed by atoms with Crippen LogP contribution in [0.3, 0.4) is 0 Å². The zero-order valence-corrected chi connectivity index (χ0v) is 8.92. The fourth-order valence-electron chi connectivity index (χ4n) is 1.30. The molecule has 3 nitrogen and oxygen atoms in total. The molecule has 0 N–H and O–H groups in total. The second kappa shape index (κ2) is 4.75. The summed E-state index contributed by atoms with van der Waals surface area (Å²) in [4.78, 5) is 0. The Labute approximate surface area is 79.0 Å². The first-order valence-electron chi connectivity index (χ1n) is 4.30. The van der Waals surface area contributed by atoms with Gasteiger partial charge in [0.05, 0.1) is 0 Å². The van der Waals surface area contributed by atoms with Crippen LogP contribution in [0.4, 0.5) is 0 Å². The molecule has 74 valence electrons. The molecule has 4 heteroatoms. The Morgan fingerprint density at radius 1 is 1.38 bits per heavy atom. The van der Waals surface area contributed by atoms with Gasteiger partial charge in [-0.1, -0.05) is 18.2 Å². The molecule has 0 aromatic heterocycles. The lowest BCUT2D eigenvalue weighted by atomic mass is 10.2. The highest BCUT2D eigenvalue weighted by atomic mass is 31.2. The zero-order chi connectivity index (χ0) is 9.73. The largest absolute Gasteiger partial charge is 0.356 e. The third kappa shape index (κ3) is 2.53. The van der Waals surface area contributed by atoms with E-state index in [1.54, 1.807) is 0 Å². The van der Waals surface area contributed by atoms with Gasteiger partial charge in [-0.05, 0) is 19.3 Å². The maximum absolute atomic E-state index is 11.9. The van der Waals surface area contributed by atoms with Gasteiger partial charge in [0.1, 0.15) is 0 Å². The van der Waals surface area contributed by atoms with Crippen LogP contribution >= 0.6 is 7.60 Å². The van der Waals surface area contributed by atoms with Crippen LogP contribution in [0.2, 0.25) is 0 Å². The van der Waals surface area contributed by atoms with E-state index in [4.69, 9.17) is 9.05 Å². The van der Waals surface area contributed by atoms with E-state index >= 15 is 0 Å². The minimum atomic E-state index is -2.97. The van der Waals surface area contributed by atoms with Crippen LogP contribution in [0.5, 0.6) is 0 Å². The lowest BCUT2D eigenvalue weighted by molar-refractivity contribution is 0.282. The Morgan fingerprint density at radius 3 is 2.69 bits per heavy atom. The molecule has 0 aromatic carbocycles. The highest BCUT2D eigenvalue weighted by Gasteiger charge is 2.26. The Hall–Kier alpha value is -0.370. The van der Waals surface area contributed by atoms with E-state index in [1.165, 1.54) is 14.2 Å². The Morgan fingerprint density at radius 2 is 2.08 bits per heavy atom. The number of allylic oxidation sites excluding steroid dienone is 4. The molecule has 0 aromatic rings. The van der Waals surface area contributed by atoms with Crippen molar-refractivity contribution in [3.05, 3.63) is 23.5 Å². The smallest absolute Gasteiger partial charge is 0.309 e. The van der Waals surface area contributed by atoms with Crippen LogP contribution in [0, 0.1) is 0 Å². The second-order valence-electron chi connectivity index (χ2n) is 2.84. The molecular formula is C9H15O3P. The Bertz CT molecular complexity index is 260. The molecule has 0 spiro atoms. The molecule has 0 bridgehead atoms. The molecule has 0 atom stereocenters. The summed E-state index contributed by atoms with van der Waals surface area (Å²) in [6.45, 7) is 0. The van der Waals surface area contributed by atoms with E-state index in [0.29, 0.717) is 0 Å². The van der Waals surface area contributed by atoms with Crippen LogP contribution < -0.4 is 0 Å². The van der Waals surface area contributed by atoms with Gasteiger partial charge in [0.15, 0.2) is 0 Å². The first-order valence-corrected chi connectivity index (χ1v) is 5.85. The van der Waals surface area contributed by atoms with Crippen molar-refractivity contribution in [3.8, 4) is 0 Å². The summed E-state index contributed by atoms with van der Waals surface area (Å²) in [6, 6.07) is 0. The highest BCUT2D eigenvalue weighted by molar-refractivity contribution is 7.58. The maximum Gasteiger partial charge on any atom is 0.356 e. The minimum absolute atomic E-state index is 0.770. The summed E-state index contributed by atoms with van der Waals surface area (Å²) in [5, 5.41) is 0.770. The molecule has 0 fully saturated rings. The molecule has 0 heterocycles. The number of hydrogen-bond acceptors (Lipinski definition) is 3. The zero-order valence-electron chi connectivity index (χ0n) is 8.03. The first-order chi connectivity index (χ1) is 6.23. The molecule has 0 radical (unpaired) electrons. The number of hydrogen-bond donors (Lipinski definition) is 0. The fraction of sp³-hybridized carbons (Fsp3) is 0.556. The van der Waals surface area contributed by atoms with E-state index in [1.807, 2.05) is 12.2 Å². The average molecular weight is 202 g/mol. The van der Waals surface area contributed by atoms with E-state index in [-0.39, 0.29) is 0 Å². The van der Waals surface area contributed by atoms with Crippen LogP contribution in [-0.2, 0) is 13.6 Å². The molecule has 0 saturated carbocycles. The summed E-state index contributed by atoms with van der Waals surface area (Å²) in [5.41, 5.74) is 0. The van der Waals surface area contributed by atoms with Gasteiger partial charge in [0.25, 0.3) is 0 Å². The molecular weight excluding hydrogens is 187 g/mol. The molecule has 0 amide bonds. The van der Waals surface area contributed by atoms with Gasteiger partial charge >= 0.3 is 7.60 Å². The van der Waals surface area contributed by atoms with Gasteiger partial charge in [-0.3, -0.25) is 4.57 Å². The Kier molecular flexibility index (Phi) is 3.91. The third-order valence-corrected chi connectivity index (χ3v) is 4.10.